The zero-order valence-electron chi connectivity index (χ0n) is 12.1. The molecular formula is C14H20N4OS. The van der Waals surface area contributed by atoms with E-state index < -0.39 is 0 Å². The fraction of sp³-hybridized carbons (Fsp3) is 0.500. The summed E-state index contributed by atoms with van der Waals surface area (Å²) in [4.78, 5) is 10.7. The highest BCUT2D eigenvalue weighted by Gasteiger charge is 2.21. The molecule has 0 radical (unpaired) electrons. The third kappa shape index (κ3) is 3.74. The minimum Gasteiger partial charge on any atom is -0.395 e. The lowest BCUT2D eigenvalue weighted by Crippen LogP contribution is -2.26. The Kier molecular flexibility index (Phi) is 4.67. The van der Waals surface area contributed by atoms with E-state index in [1.807, 2.05) is 23.2 Å². The zero-order valence-corrected chi connectivity index (χ0v) is 12.9. The summed E-state index contributed by atoms with van der Waals surface area (Å²) >= 11 is 1.38. The van der Waals surface area contributed by atoms with Crippen molar-refractivity contribution >= 4 is 16.7 Å². The van der Waals surface area contributed by atoms with Crippen LogP contribution in [0, 0.1) is 0 Å². The molecule has 1 N–H and O–H groups in total. The molecule has 0 atom stereocenters. The standard InChI is InChI=1S/C14H20N4OS/c1-14(2,3)12-16-13(20-17-12)18(7-8-19)10-11-5-4-6-15-9-11/h4-6,9,19H,7-8,10H2,1-3H3. The number of aliphatic hydroxyl groups excluding tert-OH is 1. The van der Waals surface area contributed by atoms with Crippen LogP contribution in [0.3, 0.4) is 0 Å². The number of aliphatic hydroxyl groups is 1. The third-order valence-corrected chi connectivity index (χ3v) is 3.60. The maximum atomic E-state index is 9.24. The fourth-order valence-electron chi connectivity index (χ4n) is 1.72. The molecule has 0 bridgehead atoms. The molecule has 0 saturated heterocycles. The van der Waals surface area contributed by atoms with Gasteiger partial charge < -0.3 is 10.0 Å². The molecule has 0 spiro atoms. The molecule has 0 aliphatic carbocycles. The first kappa shape index (κ1) is 14.9. The second kappa shape index (κ2) is 6.28. The summed E-state index contributed by atoms with van der Waals surface area (Å²) in [5.41, 5.74) is 1.03. The van der Waals surface area contributed by atoms with Crippen molar-refractivity contribution in [3.63, 3.8) is 0 Å². The van der Waals surface area contributed by atoms with E-state index in [1.165, 1.54) is 11.5 Å². The van der Waals surface area contributed by atoms with Crippen LogP contribution in [0.4, 0.5) is 5.13 Å². The van der Waals surface area contributed by atoms with Gasteiger partial charge in [-0.05, 0) is 11.6 Å². The molecule has 108 valence electrons. The van der Waals surface area contributed by atoms with Crippen molar-refractivity contribution < 1.29 is 5.11 Å². The van der Waals surface area contributed by atoms with Crippen molar-refractivity contribution in [1.82, 2.24) is 14.3 Å². The van der Waals surface area contributed by atoms with E-state index in [-0.39, 0.29) is 12.0 Å². The number of rotatable bonds is 5. The van der Waals surface area contributed by atoms with Crippen LogP contribution in [0.15, 0.2) is 24.5 Å². The van der Waals surface area contributed by atoms with Gasteiger partial charge in [0.1, 0.15) is 5.82 Å². The first-order valence-electron chi connectivity index (χ1n) is 6.59. The van der Waals surface area contributed by atoms with Gasteiger partial charge in [-0.15, -0.1) is 0 Å². The number of anilines is 1. The Hall–Kier alpha value is -1.53. The lowest BCUT2D eigenvalue weighted by atomic mass is 9.96. The molecule has 0 aliphatic heterocycles. The van der Waals surface area contributed by atoms with E-state index in [0.717, 1.165) is 16.5 Å². The van der Waals surface area contributed by atoms with Crippen LogP contribution < -0.4 is 4.90 Å². The molecule has 2 heterocycles. The number of hydrogen-bond acceptors (Lipinski definition) is 6. The van der Waals surface area contributed by atoms with Gasteiger partial charge in [0.15, 0.2) is 0 Å². The summed E-state index contributed by atoms with van der Waals surface area (Å²) in [5.74, 6) is 0.839. The van der Waals surface area contributed by atoms with E-state index in [1.54, 1.807) is 6.20 Å². The van der Waals surface area contributed by atoms with Gasteiger partial charge in [0.25, 0.3) is 0 Å². The van der Waals surface area contributed by atoms with Gasteiger partial charge in [0.2, 0.25) is 5.13 Å². The van der Waals surface area contributed by atoms with Crippen LogP contribution in [-0.2, 0) is 12.0 Å². The number of hydrogen-bond donors (Lipinski definition) is 1. The van der Waals surface area contributed by atoms with Crippen LogP contribution in [0.5, 0.6) is 0 Å². The molecule has 0 amide bonds. The van der Waals surface area contributed by atoms with Crippen LogP contribution in [0.25, 0.3) is 0 Å². The zero-order chi connectivity index (χ0) is 14.6. The highest BCUT2D eigenvalue weighted by atomic mass is 32.1. The second-order valence-corrected chi connectivity index (χ2v) is 6.39. The average molecular weight is 292 g/mol. The molecule has 0 aromatic carbocycles. The number of nitrogens with zero attached hydrogens (tertiary/aromatic N) is 4. The maximum Gasteiger partial charge on any atom is 0.205 e. The highest BCUT2D eigenvalue weighted by Crippen LogP contribution is 2.26. The SMILES string of the molecule is CC(C)(C)c1nsc(N(CCO)Cc2cccnc2)n1. The first-order valence-corrected chi connectivity index (χ1v) is 7.37. The largest absolute Gasteiger partial charge is 0.395 e. The quantitative estimate of drug-likeness (QED) is 0.915. The summed E-state index contributed by atoms with van der Waals surface area (Å²) in [5, 5.41) is 10.1. The fourth-order valence-corrected chi connectivity index (χ4v) is 2.61. The lowest BCUT2D eigenvalue weighted by Gasteiger charge is -2.20. The van der Waals surface area contributed by atoms with E-state index in [2.05, 4.69) is 35.1 Å². The van der Waals surface area contributed by atoms with E-state index in [9.17, 15) is 5.11 Å². The van der Waals surface area contributed by atoms with Crippen molar-refractivity contribution in [3.8, 4) is 0 Å². The second-order valence-electron chi connectivity index (χ2n) is 5.66. The Morgan fingerprint density at radius 1 is 1.35 bits per heavy atom. The molecule has 5 nitrogen and oxygen atoms in total. The minimum absolute atomic E-state index is 0.0616. The van der Waals surface area contributed by atoms with Crippen molar-refractivity contribution in [2.75, 3.05) is 18.1 Å². The van der Waals surface area contributed by atoms with Crippen LogP contribution in [0.2, 0.25) is 0 Å². The predicted molar refractivity (Wildman–Crippen MR) is 81.0 cm³/mol. The van der Waals surface area contributed by atoms with E-state index in [4.69, 9.17) is 0 Å². The molecule has 0 saturated carbocycles. The monoisotopic (exact) mass is 292 g/mol. The molecule has 2 rings (SSSR count). The van der Waals surface area contributed by atoms with Gasteiger partial charge in [-0.1, -0.05) is 26.8 Å². The molecule has 20 heavy (non-hydrogen) atoms. The molecular weight excluding hydrogens is 272 g/mol. The van der Waals surface area contributed by atoms with Gasteiger partial charge in [-0.25, -0.2) is 4.98 Å². The summed E-state index contributed by atoms with van der Waals surface area (Å²) in [7, 11) is 0. The van der Waals surface area contributed by atoms with Gasteiger partial charge in [0.05, 0.1) is 6.61 Å². The Morgan fingerprint density at radius 2 is 2.15 bits per heavy atom. The molecule has 0 aliphatic rings. The number of aromatic nitrogens is 3. The minimum atomic E-state index is -0.0616. The van der Waals surface area contributed by atoms with Crippen molar-refractivity contribution in [3.05, 3.63) is 35.9 Å². The third-order valence-electron chi connectivity index (χ3n) is 2.82. The van der Waals surface area contributed by atoms with Crippen molar-refractivity contribution in [2.24, 2.45) is 0 Å². The molecule has 2 aromatic rings. The highest BCUT2D eigenvalue weighted by molar-refractivity contribution is 7.09. The predicted octanol–water partition coefficient (Wildman–Crippen LogP) is 2.23. The van der Waals surface area contributed by atoms with E-state index in [0.29, 0.717) is 13.1 Å². The summed E-state index contributed by atoms with van der Waals surface area (Å²) in [6.07, 6.45) is 3.58. The molecule has 2 aromatic heterocycles. The smallest absolute Gasteiger partial charge is 0.205 e. The first-order chi connectivity index (χ1) is 9.50. The van der Waals surface area contributed by atoms with Gasteiger partial charge in [0, 0.05) is 42.4 Å². The van der Waals surface area contributed by atoms with Gasteiger partial charge in [-0.2, -0.15) is 4.37 Å². The summed E-state index contributed by atoms with van der Waals surface area (Å²) in [6, 6.07) is 3.93. The molecule has 0 unspecified atom stereocenters. The normalized spacial score (nSPS) is 11.6. The van der Waals surface area contributed by atoms with Crippen molar-refractivity contribution in [2.45, 2.75) is 32.7 Å². The molecule has 6 heteroatoms. The lowest BCUT2D eigenvalue weighted by molar-refractivity contribution is 0.301. The Morgan fingerprint density at radius 3 is 2.70 bits per heavy atom. The Bertz CT molecular complexity index is 536. The topological polar surface area (TPSA) is 62.1 Å². The van der Waals surface area contributed by atoms with Crippen molar-refractivity contribution in [1.29, 1.82) is 0 Å². The van der Waals surface area contributed by atoms with Gasteiger partial charge >= 0.3 is 0 Å². The Balaban J connectivity index is 2.18. The summed E-state index contributed by atoms with van der Waals surface area (Å²) < 4.78 is 4.42. The van der Waals surface area contributed by atoms with Crippen LogP contribution in [-0.4, -0.2) is 32.6 Å². The maximum absolute atomic E-state index is 9.24. The van der Waals surface area contributed by atoms with Gasteiger partial charge in [-0.3, -0.25) is 4.98 Å². The van der Waals surface area contributed by atoms with E-state index >= 15 is 0 Å². The summed E-state index contributed by atoms with van der Waals surface area (Å²) in [6.45, 7) is 7.58. The van der Waals surface area contributed by atoms with Crippen LogP contribution >= 0.6 is 11.5 Å². The number of pyridine rings is 1. The average Bonchev–Trinajstić information content (AvgIpc) is 2.89. The van der Waals surface area contributed by atoms with Crippen LogP contribution in [0.1, 0.15) is 32.2 Å². The molecule has 0 fully saturated rings. The Labute approximate surface area is 123 Å².